The molecule has 1 atom stereocenters. The highest BCUT2D eigenvalue weighted by molar-refractivity contribution is 14.1. The lowest BCUT2D eigenvalue weighted by Gasteiger charge is -2.19. The number of halogens is 1. The molecule has 0 saturated carbocycles. The highest BCUT2D eigenvalue weighted by Crippen LogP contribution is 2.25. The Labute approximate surface area is 114 Å². The zero-order valence-corrected chi connectivity index (χ0v) is 11.8. The summed E-state index contributed by atoms with van der Waals surface area (Å²) in [6.07, 6.45) is 0. The van der Waals surface area contributed by atoms with Crippen LogP contribution in [-0.4, -0.2) is 39.6 Å². The summed E-state index contributed by atoms with van der Waals surface area (Å²) in [4.78, 5) is 24.4. The Morgan fingerprint density at radius 2 is 2.31 bits per heavy atom. The highest BCUT2D eigenvalue weighted by Gasteiger charge is 2.35. The van der Waals surface area contributed by atoms with E-state index in [2.05, 4.69) is 22.6 Å². The Balaban J connectivity index is 2.18. The number of carboxylic acid groups (broad SMARTS) is 1. The van der Waals surface area contributed by atoms with Gasteiger partial charge >= 0.3 is 5.97 Å². The SMILES string of the molecule is O=C(O)C1CSCN1C(=O)c1csc(I)c1. The van der Waals surface area contributed by atoms with Crippen LogP contribution in [0, 0.1) is 2.88 Å². The maximum atomic E-state index is 12.0. The fourth-order valence-electron chi connectivity index (χ4n) is 1.44. The summed E-state index contributed by atoms with van der Waals surface area (Å²) in [6, 6.07) is 1.10. The number of hydrogen-bond donors (Lipinski definition) is 1. The van der Waals surface area contributed by atoms with Crippen LogP contribution in [-0.2, 0) is 4.79 Å². The number of carbonyl (C=O) groups is 2. The molecule has 0 aliphatic carbocycles. The van der Waals surface area contributed by atoms with Crippen molar-refractivity contribution >= 4 is 57.6 Å². The topological polar surface area (TPSA) is 57.6 Å². The van der Waals surface area contributed by atoms with Crippen LogP contribution in [0.3, 0.4) is 0 Å². The van der Waals surface area contributed by atoms with Gasteiger partial charge in [-0.05, 0) is 28.7 Å². The van der Waals surface area contributed by atoms with E-state index >= 15 is 0 Å². The molecule has 7 heteroatoms. The molecule has 16 heavy (non-hydrogen) atoms. The van der Waals surface area contributed by atoms with Crippen LogP contribution in [0.25, 0.3) is 0 Å². The lowest BCUT2D eigenvalue weighted by molar-refractivity contribution is -0.140. The first-order valence-electron chi connectivity index (χ1n) is 4.45. The molecule has 1 aliphatic rings. The molecule has 1 N–H and O–H groups in total. The van der Waals surface area contributed by atoms with E-state index < -0.39 is 12.0 Å². The Hall–Kier alpha value is -0.280. The van der Waals surface area contributed by atoms with E-state index in [1.807, 2.05) is 0 Å². The van der Waals surface area contributed by atoms with Gasteiger partial charge in [0, 0.05) is 11.1 Å². The number of aliphatic carboxylic acids is 1. The monoisotopic (exact) mass is 369 g/mol. The van der Waals surface area contributed by atoms with Gasteiger partial charge in [0.05, 0.1) is 14.3 Å². The standard InChI is InChI=1S/C9H8INO3S2/c10-7-1-5(2-16-7)8(12)11-4-15-3-6(11)9(13)14/h1-2,6H,3-4H2,(H,13,14). The number of hydrogen-bond acceptors (Lipinski definition) is 4. The van der Waals surface area contributed by atoms with Gasteiger partial charge in [-0.15, -0.1) is 23.1 Å². The average Bonchev–Trinajstić information content (AvgIpc) is 2.84. The molecule has 0 spiro atoms. The largest absolute Gasteiger partial charge is 0.480 e. The van der Waals surface area contributed by atoms with E-state index in [-0.39, 0.29) is 5.91 Å². The normalized spacial score (nSPS) is 20.1. The fourth-order valence-corrected chi connectivity index (χ4v) is 3.90. The third-order valence-corrected chi connectivity index (χ3v) is 5.04. The first-order chi connectivity index (χ1) is 7.59. The third-order valence-electron chi connectivity index (χ3n) is 2.24. The van der Waals surface area contributed by atoms with Crippen molar-refractivity contribution in [2.24, 2.45) is 0 Å². The molecule has 1 fully saturated rings. The van der Waals surface area contributed by atoms with Crippen molar-refractivity contribution in [2.45, 2.75) is 6.04 Å². The van der Waals surface area contributed by atoms with Crippen LogP contribution in [0.5, 0.6) is 0 Å². The van der Waals surface area contributed by atoms with E-state index in [0.717, 1.165) is 2.88 Å². The van der Waals surface area contributed by atoms with Crippen LogP contribution in [0.1, 0.15) is 10.4 Å². The Morgan fingerprint density at radius 1 is 1.56 bits per heavy atom. The van der Waals surface area contributed by atoms with Crippen molar-refractivity contribution < 1.29 is 14.7 Å². The fraction of sp³-hybridized carbons (Fsp3) is 0.333. The second kappa shape index (κ2) is 4.92. The van der Waals surface area contributed by atoms with Crippen LogP contribution in [0.2, 0.25) is 0 Å². The van der Waals surface area contributed by atoms with Gasteiger partial charge in [-0.3, -0.25) is 4.79 Å². The minimum absolute atomic E-state index is 0.184. The third kappa shape index (κ3) is 2.35. The van der Waals surface area contributed by atoms with Crippen molar-refractivity contribution in [3.63, 3.8) is 0 Å². The number of thiophene rings is 1. The molecule has 1 unspecified atom stereocenters. The molecular weight excluding hydrogens is 361 g/mol. The van der Waals surface area contributed by atoms with Gasteiger partial charge < -0.3 is 10.0 Å². The van der Waals surface area contributed by atoms with Crippen molar-refractivity contribution in [2.75, 3.05) is 11.6 Å². The van der Waals surface area contributed by atoms with Gasteiger partial charge in [-0.2, -0.15) is 0 Å². The number of thioether (sulfide) groups is 1. The number of amides is 1. The van der Waals surface area contributed by atoms with Gasteiger partial charge in [0.2, 0.25) is 0 Å². The van der Waals surface area contributed by atoms with Gasteiger partial charge in [0.1, 0.15) is 6.04 Å². The first-order valence-corrected chi connectivity index (χ1v) is 7.56. The van der Waals surface area contributed by atoms with E-state index in [4.69, 9.17) is 5.11 Å². The van der Waals surface area contributed by atoms with Crippen LogP contribution >= 0.6 is 45.7 Å². The summed E-state index contributed by atoms with van der Waals surface area (Å²) in [5.41, 5.74) is 0.586. The summed E-state index contributed by atoms with van der Waals surface area (Å²) in [7, 11) is 0. The van der Waals surface area contributed by atoms with Gasteiger partial charge in [0.15, 0.2) is 0 Å². The zero-order valence-electron chi connectivity index (χ0n) is 8.05. The summed E-state index contributed by atoms with van der Waals surface area (Å²) < 4.78 is 1.03. The number of rotatable bonds is 2. The molecule has 0 radical (unpaired) electrons. The lowest BCUT2D eigenvalue weighted by atomic mass is 10.2. The molecule has 0 aromatic carbocycles. The van der Waals surface area contributed by atoms with Gasteiger partial charge in [0.25, 0.3) is 5.91 Å². The minimum Gasteiger partial charge on any atom is -0.480 e. The van der Waals surface area contributed by atoms with Crippen LogP contribution in [0.15, 0.2) is 11.4 Å². The maximum absolute atomic E-state index is 12.0. The molecule has 1 aliphatic heterocycles. The van der Waals surface area contributed by atoms with Crippen LogP contribution < -0.4 is 0 Å². The Morgan fingerprint density at radius 3 is 2.88 bits per heavy atom. The molecule has 1 aromatic heterocycles. The maximum Gasteiger partial charge on any atom is 0.327 e. The molecule has 4 nitrogen and oxygen atoms in total. The number of carbonyl (C=O) groups excluding carboxylic acids is 1. The molecule has 0 bridgehead atoms. The van der Waals surface area contributed by atoms with E-state index in [0.29, 0.717) is 17.2 Å². The highest BCUT2D eigenvalue weighted by atomic mass is 127. The smallest absolute Gasteiger partial charge is 0.327 e. The van der Waals surface area contributed by atoms with Gasteiger partial charge in [-0.1, -0.05) is 0 Å². The molecule has 1 amide bonds. The second-order valence-corrected chi connectivity index (χ2v) is 7.07. The van der Waals surface area contributed by atoms with E-state index in [9.17, 15) is 9.59 Å². The van der Waals surface area contributed by atoms with E-state index in [1.165, 1.54) is 28.0 Å². The number of carboxylic acids is 1. The molecule has 1 aromatic rings. The molecule has 1 saturated heterocycles. The lowest BCUT2D eigenvalue weighted by Crippen LogP contribution is -2.41. The molecular formula is C9H8INO3S2. The quantitative estimate of drug-likeness (QED) is 0.810. The summed E-state index contributed by atoms with van der Waals surface area (Å²) in [5.74, 6) is -0.176. The first kappa shape index (κ1) is 12.2. The summed E-state index contributed by atoms with van der Waals surface area (Å²) in [6.45, 7) is 0. The van der Waals surface area contributed by atoms with Crippen molar-refractivity contribution in [1.29, 1.82) is 0 Å². The molecule has 2 rings (SSSR count). The van der Waals surface area contributed by atoms with Crippen molar-refractivity contribution in [1.82, 2.24) is 4.90 Å². The predicted octanol–water partition coefficient (Wildman–Crippen LogP) is 1.95. The van der Waals surface area contributed by atoms with Crippen molar-refractivity contribution in [3.8, 4) is 0 Å². The Kier molecular flexibility index (Phi) is 3.75. The zero-order chi connectivity index (χ0) is 11.7. The molecule has 86 valence electrons. The van der Waals surface area contributed by atoms with Gasteiger partial charge in [-0.25, -0.2) is 4.79 Å². The Bertz CT molecular complexity index is 434. The number of nitrogens with zero attached hydrogens (tertiary/aromatic N) is 1. The van der Waals surface area contributed by atoms with Crippen LogP contribution in [0.4, 0.5) is 0 Å². The summed E-state index contributed by atoms with van der Waals surface area (Å²) in [5, 5.41) is 10.7. The molecule has 2 heterocycles. The summed E-state index contributed by atoms with van der Waals surface area (Å²) >= 11 is 5.10. The average molecular weight is 369 g/mol. The van der Waals surface area contributed by atoms with Crippen molar-refractivity contribution in [3.05, 3.63) is 19.9 Å². The van der Waals surface area contributed by atoms with E-state index in [1.54, 1.807) is 11.4 Å². The predicted molar refractivity (Wildman–Crippen MR) is 72.0 cm³/mol. The second-order valence-electron chi connectivity index (χ2n) is 3.27. The minimum atomic E-state index is -0.928.